The van der Waals surface area contributed by atoms with Gasteiger partial charge in [0, 0.05) is 17.9 Å². The van der Waals surface area contributed by atoms with Gasteiger partial charge in [0.2, 0.25) is 0 Å². The number of aromatic amines is 1. The number of aromatic nitrogens is 1. The van der Waals surface area contributed by atoms with Gasteiger partial charge in [0.1, 0.15) is 17.4 Å². The zero-order valence-corrected chi connectivity index (χ0v) is 14.7. The highest BCUT2D eigenvalue weighted by Gasteiger charge is 2.14. The Morgan fingerprint density at radius 3 is 2.72 bits per heavy atom. The summed E-state index contributed by atoms with van der Waals surface area (Å²) in [6.45, 7) is 4.75. The maximum absolute atomic E-state index is 13.7. The second-order valence-corrected chi connectivity index (χ2v) is 6.10. The van der Waals surface area contributed by atoms with Crippen molar-refractivity contribution in [3.63, 3.8) is 0 Å². The molecule has 0 bridgehead atoms. The van der Waals surface area contributed by atoms with Crippen molar-refractivity contribution in [3.8, 4) is 17.2 Å². The molecule has 2 aromatic rings. The van der Waals surface area contributed by atoms with Gasteiger partial charge in [-0.3, -0.25) is 4.79 Å². The lowest BCUT2D eigenvalue weighted by Crippen LogP contribution is -2.13. The Morgan fingerprint density at radius 2 is 2.00 bits per heavy atom. The number of pyridine rings is 1. The van der Waals surface area contributed by atoms with Gasteiger partial charge in [-0.25, -0.2) is 4.39 Å². The van der Waals surface area contributed by atoms with E-state index in [0.29, 0.717) is 29.0 Å². The molecule has 132 valence electrons. The summed E-state index contributed by atoms with van der Waals surface area (Å²) in [5.41, 5.74) is 2.04. The van der Waals surface area contributed by atoms with Crippen LogP contribution in [0.5, 0.6) is 0 Å². The van der Waals surface area contributed by atoms with Crippen LogP contribution in [0.2, 0.25) is 0 Å². The number of halogens is 1. The van der Waals surface area contributed by atoms with Crippen molar-refractivity contribution in [1.82, 2.24) is 4.98 Å². The molecule has 0 radical (unpaired) electrons. The second kappa shape index (κ2) is 9.14. The van der Waals surface area contributed by atoms with Crippen molar-refractivity contribution >= 4 is 0 Å². The van der Waals surface area contributed by atoms with Gasteiger partial charge in [-0.05, 0) is 42.7 Å². The standard InChI is InChI=1S/C20H23FN2O2/c1-3-4-5-6-9-25-13-15-11-16(21)7-8-17(15)18-10-14(2)23-20(24)19(18)12-22/h7-8,10-11H,3-6,9,13H2,1-2H3,(H,23,24). The van der Waals surface area contributed by atoms with Crippen LogP contribution in [0.1, 0.15) is 49.4 Å². The molecule has 0 saturated heterocycles. The number of unbranched alkanes of at least 4 members (excludes halogenated alkanes) is 3. The van der Waals surface area contributed by atoms with Crippen molar-refractivity contribution < 1.29 is 9.13 Å². The summed E-state index contributed by atoms with van der Waals surface area (Å²) < 4.78 is 19.4. The van der Waals surface area contributed by atoms with E-state index in [2.05, 4.69) is 11.9 Å². The molecule has 25 heavy (non-hydrogen) atoms. The number of rotatable bonds is 8. The molecule has 1 aromatic heterocycles. The van der Waals surface area contributed by atoms with E-state index in [1.807, 2.05) is 6.07 Å². The van der Waals surface area contributed by atoms with E-state index >= 15 is 0 Å². The number of nitriles is 1. The fourth-order valence-corrected chi connectivity index (χ4v) is 2.77. The van der Waals surface area contributed by atoms with Crippen LogP contribution in [0.25, 0.3) is 11.1 Å². The van der Waals surface area contributed by atoms with Gasteiger partial charge in [0.05, 0.1) is 6.61 Å². The van der Waals surface area contributed by atoms with E-state index in [0.717, 1.165) is 19.3 Å². The van der Waals surface area contributed by atoms with Gasteiger partial charge < -0.3 is 9.72 Å². The van der Waals surface area contributed by atoms with E-state index in [9.17, 15) is 14.4 Å². The lowest BCUT2D eigenvalue weighted by atomic mass is 9.96. The van der Waals surface area contributed by atoms with E-state index in [4.69, 9.17) is 4.74 Å². The minimum Gasteiger partial charge on any atom is -0.377 e. The highest BCUT2D eigenvalue weighted by molar-refractivity contribution is 5.73. The summed E-state index contributed by atoms with van der Waals surface area (Å²) >= 11 is 0. The molecule has 0 saturated carbocycles. The van der Waals surface area contributed by atoms with Crippen LogP contribution in [0, 0.1) is 24.1 Å². The van der Waals surface area contributed by atoms with Crippen LogP contribution in [-0.4, -0.2) is 11.6 Å². The second-order valence-electron chi connectivity index (χ2n) is 6.10. The molecule has 1 N–H and O–H groups in total. The van der Waals surface area contributed by atoms with Crippen LogP contribution in [0.4, 0.5) is 4.39 Å². The average Bonchev–Trinajstić information content (AvgIpc) is 2.57. The van der Waals surface area contributed by atoms with Gasteiger partial charge in [-0.2, -0.15) is 5.26 Å². The number of hydrogen-bond acceptors (Lipinski definition) is 3. The highest BCUT2D eigenvalue weighted by atomic mass is 19.1. The summed E-state index contributed by atoms with van der Waals surface area (Å²) in [5.74, 6) is -0.367. The molecular formula is C20H23FN2O2. The number of hydrogen-bond donors (Lipinski definition) is 1. The third kappa shape index (κ3) is 5.01. The van der Waals surface area contributed by atoms with Crippen molar-refractivity contribution in [2.45, 2.75) is 46.1 Å². The molecule has 1 aromatic carbocycles. The zero-order valence-electron chi connectivity index (χ0n) is 14.7. The maximum Gasteiger partial charge on any atom is 0.266 e. The zero-order chi connectivity index (χ0) is 18.2. The van der Waals surface area contributed by atoms with Gasteiger partial charge in [-0.15, -0.1) is 0 Å². The number of nitrogens with one attached hydrogen (secondary N) is 1. The van der Waals surface area contributed by atoms with Crippen LogP contribution in [0.15, 0.2) is 29.1 Å². The molecule has 0 unspecified atom stereocenters. The van der Waals surface area contributed by atoms with Gasteiger partial charge in [0.15, 0.2) is 0 Å². The van der Waals surface area contributed by atoms with E-state index < -0.39 is 5.56 Å². The summed E-state index contributed by atoms with van der Waals surface area (Å²) in [6, 6.07) is 8.01. The molecule has 4 nitrogen and oxygen atoms in total. The van der Waals surface area contributed by atoms with E-state index in [1.54, 1.807) is 19.1 Å². The van der Waals surface area contributed by atoms with E-state index in [-0.39, 0.29) is 18.0 Å². The quantitative estimate of drug-likeness (QED) is 0.720. The monoisotopic (exact) mass is 342 g/mol. The Balaban J connectivity index is 2.28. The molecule has 0 fully saturated rings. The third-order valence-corrected chi connectivity index (χ3v) is 4.04. The van der Waals surface area contributed by atoms with Crippen LogP contribution >= 0.6 is 0 Å². The first-order valence-corrected chi connectivity index (χ1v) is 8.57. The topological polar surface area (TPSA) is 65.9 Å². The number of benzene rings is 1. The Morgan fingerprint density at radius 1 is 1.20 bits per heavy atom. The Bertz CT molecular complexity index is 821. The number of H-pyrrole nitrogens is 1. The molecule has 0 atom stereocenters. The maximum atomic E-state index is 13.7. The van der Waals surface area contributed by atoms with Crippen molar-refractivity contribution in [3.05, 3.63) is 57.3 Å². The predicted octanol–water partition coefficient (Wildman–Crippen LogP) is 4.46. The third-order valence-electron chi connectivity index (χ3n) is 4.04. The minimum absolute atomic E-state index is 0.0291. The summed E-state index contributed by atoms with van der Waals surface area (Å²) in [7, 11) is 0. The van der Waals surface area contributed by atoms with Crippen LogP contribution in [0.3, 0.4) is 0 Å². The summed E-state index contributed by atoms with van der Waals surface area (Å²) in [4.78, 5) is 14.6. The SMILES string of the molecule is CCCCCCOCc1cc(F)ccc1-c1cc(C)[nH]c(=O)c1C#N. The largest absolute Gasteiger partial charge is 0.377 e. The smallest absolute Gasteiger partial charge is 0.266 e. The summed E-state index contributed by atoms with van der Waals surface area (Å²) in [5, 5.41) is 9.32. The lowest BCUT2D eigenvalue weighted by molar-refractivity contribution is 0.117. The fourth-order valence-electron chi connectivity index (χ4n) is 2.77. The highest BCUT2D eigenvalue weighted by Crippen LogP contribution is 2.27. The lowest BCUT2D eigenvalue weighted by Gasteiger charge is -2.12. The Kier molecular flexibility index (Phi) is 6.91. The Labute approximate surface area is 147 Å². The first kappa shape index (κ1) is 18.9. The van der Waals surface area contributed by atoms with Crippen LogP contribution in [-0.2, 0) is 11.3 Å². The first-order valence-electron chi connectivity index (χ1n) is 8.57. The molecule has 2 rings (SSSR count). The molecule has 0 aliphatic carbocycles. The molecule has 1 heterocycles. The summed E-state index contributed by atoms with van der Waals surface area (Å²) in [6.07, 6.45) is 4.41. The van der Waals surface area contributed by atoms with E-state index in [1.165, 1.54) is 18.6 Å². The van der Waals surface area contributed by atoms with Crippen LogP contribution < -0.4 is 5.56 Å². The van der Waals surface area contributed by atoms with Crippen molar-refractivity contribution in [2.24, 2.45) is 0 Å². The average molecular weight is 342 g/mol. The van der Waals surface area contributed by atoms with Gasteiger partial charge >= 0.3 is 0 Å². The first-order chi connectivity index (χ1) is 12.1. The van der Waals surface area contributed by atoms with Crippen molar-refractivity contribution in [2.75, 3.05) is 6.61 Å². The fraction of sp³-hybridized carbons (Fsp3) is 0.400. The molecule has 5 heteroatoms. The molecule has 0 spiro atoms. The van der Waals surface area contributed by atoms with Gasteiger partial charge in [0.25, 0.3) is 5.56 Å². The van der Waals surface area contributed by atoms with Gasteiger partial charge in [-0.1, -0.05) is 32.3 Å². The van der Waals surface area contributed by atoms with Crippen molar-refractivity contribution in [1.29, 1.82) is 5.26 Å². The normalized spacial score (nSPS) is 10.6. The number of nitrogens with zero attached hydrogens (tertiary/aromatic N) is 1. The predicted molar refractivity (Wildman–Crippen MR) is 95.7 cm³/mol. The molecule has 0 aliphatic heterocycles. The molecule has 0 amide bonds. The Hall–Kier alpha value is -2.45. The molecule has 0 aliphatic rings. The number of ether oxygens (including phenoxy) is 1. The minimum atomic E-state index is -0.437. The molecular weight excluding hydrogens is 319 g/mol. The number of aryl methyl sites for hydroxylation is 1.